The highest BCUT2D eigenvalue weighted by Gasteiger charge is 2.30. The van der Waals surface area contributed by atoms with E-state index in [-0.39, 0.29) is 11.5 Å². The third-order valence-electron chi connectivity index (χ3n) is 2.65. The molecule has 0 radical (unpaired) electrons. The second kappa shape index (κ2) is 5.31. The molecule has 0 aliphatic heterocycles. The first-order valence-electron chi connectivity index (χ1n) is 6.00. The van der Waals surface area contributed by atoms with Crippen molar-refractivity contribution in [3.05, 3.63) is 35.4 Å². The van der Waals surface area contributed by atoms with E-state index in [4.69, 9.17) is 0 Å². The van der Waals surface area contributed by atoms with Crippen LogP contribution in [0.15, 0.2) is 24.3 Å². The molecule has 0 spiro atoms. The van der Waals surface area contributed by atoms with Crippen LogP contribution in [-0.2, 0) is 6.18 Å². The summed E-state index contributed by atoms with van der Waals surface area (Å²) in [6, 6.07) is 5.38. The summed E-state index contributed by atoms with van der Waals surface area (Å²) in [6.07, 6.45) is -4.28. The van der Waals surface area contributed by atoms with Gasteiger partial charge in [-0.3, -0.25) is 0 Å². The molecule has 1 unspecified atom stereocenters. The van der Waals surface area contributed by atoms with Crippen LogP contribution in [-0.4, -0.2) is 6.54 Å². The number of rotatable bonds is 3. The van der Waals surface area contributed by atoms with E-state index >= 15 is 0 Å². The van der Waals surface area contributed by atoms with Crippen molar-refractivity contribution in [2.75, 3.05) is 6.54 Å². The van der Waals surface area contributed by atoms with Gasteiger partial charge in [0, 0.05) is 12.6 Å². The zero-order valence-corrected chi connectivity index (χ0v) is 11.2. The maximum Gasteiger partial charge on any atom is 0.416 e. The molecular formula is C14H20F3N. The monoisotopic (exact) mass is 259 g/mol. The lowest BCUT2D eigenvalue weighted by molar-refractivity contribution is -0.137. The second-order valence-corrected chi connectivity index (χ2v) is 5.79. The molecule has 0 amide bonds. The third kappa shape index (κ3) is 4.69. The van der Waals surface area contributed by atoms with Gasteiger partial charge in [0.2, 0.25) is 0 Å². The highest BCUT2D eigenvalue weighted by atomic mass is 19.4. The van der Waals surface area contributed by atoms with Crippen LogP contribution in [0.2, 0.25) is 0 Å². The Kier molecular flexibility index (Phi) is 4.43. The van der Waals surface area contributed by atoms with E-state index in [0.29, 0.717) is 5.56 Å². The van der Waals surface area contributed by atoms with Gasteiger partial charge in [-0.1, -0.05) is 32.9 Å². The summed E-state index contributed by atoms with van der Waals surface area (Å²) in [7, 11) is 0. The molecule has 0 aromatic heterocycles. The molecule has 0 saturated heterocycles. The predicted molar refractivity (Wildman–Crippen MR) is 67.3 cm³/mol. The van der Waals surface area contributed by atoms with Crippen molar-refractivity contribution in [2.45, 2.75) is 39.9 Å². The standard InChI is InChI=1S/C14H20F3N/c1-10(18-9-13(2,3)4)11-6-5-7-12(8-11)14(15,16)17/h5-8,10,18H,9H2,1-4H3. The first-order valence-corrected chi connectivity index (χ1v) is 6.00. The van der Waals surface area contributed by atoms with E-state index in [1.807, 2.05) is 6.92 Å². The van der Waals surface area contributed by atoms with Gasteiger partial charge in [0.15, 0.2) is 0 Å². The fraction of sp³-hybridized carbons (Fsp3) is 0.571. The normalized spacial score (nSPS) is 14.6. The number of halogens is 3. The molecule has 0 heterocycles. The number of hydrogen-bond acceptors (Lipinski definition) is 1. The van der Waals surface area contributed by atoms with E-state index in [1.54, 1.807) is 6.07 Å². The first-order chi connectivity index (χ1) is 8.09. The Labute approximate surface area is 106 Å². The van der Waals surface area contributed by atoms with E-state index < -0.39 is 11.7 Å². The number of alkyl halides is 3. The van der Waals surface area contributed by atoms with Gasteiger partial charge in [-0.25, -0.2) is 0 Å². The Balaban J connectivity index is 2.78. The van der Waals surface area contributed by atoms with Crippen molar-refractivity contribution in [2.24, 2.45) is 5.41 Å². The van der Waals surface area contributed by atoms with Gasteiger partial charge in [-0.2, -0.15) is 13.2 Å². The molecule has 1 N–H and O–H groups in total. The number of nitrogens with one attached hydrogen (secondary N) is 1. The van der Waals surface area contributed by atoms with Crippen LogP contribution in [0.3, 0.4) is 0 Å². The van der Waals surface area contributed by atoms with Crippen LogP contribution < -0.4 is 5.32 Å². The Morgan fingerprint density at radius 1 is 1.17 bits per heavy atom. The summed E-state index contributed by atoms with van der Waals surface area (Å²) < 4.78 is 37.8. The minimum atomic E-state index is -4.28. The van der Waals surface area contributed by atoms with Crippen molar-refractivity contribution < 1.29 is 13.2 Å². The Morgan fingerprint density at radius 3 is 2.28 bits per heavy atom. The lowest BCUT2D eigenvalue weighted by atomic mass is 9.96. The molecule has 0 aliphatic carbocycles. The molecule has 1 aromatic carbocycles. The first kappa shape index (κ1) is 15.0. The van der Waals surface area contributed by atoms with E-state index in [0.717, 1.165) is 12.6 Å². The molecular weight excluding hydrogens is 239 g/mol. The highest BCUT2D eigenvalue weighted by molar-refractivity contribution is 5.27. The van der Waals surface area contributed by atoms with Crippen LogP contribution in [0.5, 0.6) is 0 Å². The summed E-state index contributed by atoms with van der Waals surface area (Å²) in [4.78, 5) is 0. The van der Waals surface area contributed by atoms with Crippen molar-refractivity contribution in [1.82, 2.24) is 5.32 Å². The minimum Gasteiger partial charge on any atom is -0.310 e. The van der Waals surface area contributed by atoms with Crippen molar-refractivity contribution >= 4 is 0 Å². The highest BCUT2D eigenvalue weighted by Crippen LogP contribution is 2.30. The summed E-state index contributed by atoms with van der Waals surface area (Å²) in [5.74, 6) is 0. The zero-order chi connectivity index (χ0) is 14.0. The van der Waals surface area contributed by atoms with E-state index in [1.165, 1.54) is 12.1 Å². The zero-order valence-electron chi connectivity index (χ0n) is 11.2. The van der Waals surface area contributed by atoms with Gasteiger partial charge in [0.05, 0.1) is 5.56 Å². The van der Waals surface area contributed by atoms with Crippen LogP contribution in [0, 0.1) is 5.41 Å². The molecule has 1 rings (SSSR count). The number of benzene rings is 1. The molecule has 18 heavy (non-hydrogen) atoms. The van der Waals surface area contributed by atoms with Gasteiger partial charge in [-0.05, 0) is 30.0 Å². The topological polar surface area (TPSA) is 12.0 Å². The largest absolute Gasteiger partial charge is 0.416 e. The van der Waals surface area contributed by atoms with Gasteiger partial charge >= 0.3 is 6.18 Å². The van der Waals surface area contributed by atoms with E-state index in [2.05, 4.69) is 26.1 Å². The molecule has 4 heteroatoms. The second-order valence-electron chi connectivity index (χ2n) is 5.79. The molecule has 1 aromatic rings. The maximum atomic E-state index is 12.6. The maximum absolute atomic E-state index is 12.6. The summed E-state index contributed by atoms with van der Waals surface area (Å²) in [5, 5.41) is 3.25. The molecule has 1 atom stereocenters. The van der Waals surface area contributed by atoms with E-state index in [9.17, 15) is 13.2 Å². The molecule has 102 valence electrons. The van der Waals surface area contributed by atoms with Crippen LogP contribution >= 0.6 is 0 Å². The lowest BCUT2D eigenvalue weighted by Crippen LogP contribution is -2.29. The molecule has 0 aliphatic rings. The predicted octanol–water partition coefficient (Wildman–Crippen LogP) is 4.40. The third-order valence-corrected chi connectivity index (χ3v) is 2.65. The molecule has 0 saturated carbocycles. The summed E-state index contributed by atoms with van der Waals surface area (Å²) in [6.45, 7) is 8.88. The van der Waals surface area contributed by atoms with Gasteiger partial charge in [-0.15, -0.1) is 0 Å². The number of hydrogen-bond donors (Lipinski definition) is 1. The van der Waals surface area contributed by atoms with Crippen LogP contribution in [0.4, 0.5) is 13.2 Å². The van der Waals surface area contributed by atoms with Crippen molar-refractivity contribution in [1.29, 1.82) is 0 Å². The van der Waals surface area contributed by atoms with Crippen molar-refractivity contribution in [3.63, 3.8) is 0 Å². The Hall–Kier alpha value is -1.03. The average molecular weight is 259 g/mol. The molecule has 0 bridgehead atoms. The van der Waals surface area contributed by atoms with Crippen LogP contribution in [0.25, 0.3) is 0 Å². The quantitative estimate of drug-likeness (QED) is 0.848. The summed E-state index contributed by atoms with van der Waals surface area (Å²) >= 11 is 0. The smallest absolute Gasteiger partial charge is 0.310 e. The summed E-state index contributed by atoms with van der Waals surface area (Å²) in [5.41, 5.74) is 0.175. The fourth-order valence-corrected chi connectivity index (χ4v) is 1.56. The Bertz CT molecular complexity index is 391. The van der Waals surface area contributed by atoms with Gasteiger partial charge < -0.3 is 5.32 Å². The fourth-order valence-electron chi connectivity index (χ4n) is 1.56. The Morgan fingerprint density at radius 2 is 1.78 bits per heavy atom. The average Bonchev–Trinajstić information content (AvgIpc) is 2.24. The SMILES string of the molecule is CC(NCC(C)(C)C)c1cccc(C(F)(F)F)c1. The van der Waals surface area contributed by atoms with Gasteiger partial charge in [0.25, 0.3) is 0 Å². The lowest BCUT2D eigenvalue weighted by Gasteiger charge is -2.23. The molecule has 1 nitrogen and oxygen atoms in total. The van der Waals surface area contributed by atoms with Crippen molar-refractivity contribution in [3.8, 4) is 0 Å². The van der Waals surface area contributed by atoms with Gasteiger partial charge in [0.1, 0.15) is 0 Å². The minimum absolute atomic E-state index is 0.0912. The van der Waals surface area contributed by atoms with Crippen LogP contribution in [0.1, 0.15) is 44.9 Å². The molecule has 0 fully saturated rings.